The number of para-hydroxylation sites is 1. The number of aliphatic carboxylic acids is 1. The lowest BCUT2D eigenvalue weighted by Crippen LogP contribution is -2.30. The summed E-state index contributed by atoms with van der Waals surface area (Å²) >= 11 is 0. The second-order valence-corrected chi connectivity index (χ2v) is 5.42. The van der Waals surface area contributed by atoms with E-state index in [4.69, 9.17) is 0 Å². The van der Waals surface area contributed by atoms with Gasteiger partial charge in [-0.05, 0) is 37.1 Å². The summed E-state index contributed by atoms with van der Waals surface area (Å²) in [5, 5.41) is 15.9. The lowest BCUT2D eigenvalue weighted by Gasteiger charge is -2.27. The van der Waals surface area contributed by atoms with Gasteiger partial charge in [0.05, 0.1) is 17.4 Å². The first-order valence-corrected chi connectivity index (χ1v) is 7.12. The third kappa shape index (κ3) is 2.35. The van der Waals surface area contributed by atoms with E-state index in [0.29, 0.717) is 5.71 Å². The monoisotopic (exact) mass is 295 g/mol. The number of carbonyl (C=O) groups is 1. The molecular weight excluding hydrogens is 278 g/mol. The molecule has 3 rings (SSSR count). The highest BCUT2D eigenvalue weighted by Crippen LogP contribution is 2.40. The predicted molar refractivity (Wildman–Crippen MR) is 84.9 cm³/mol. The zero-order valence-corrected chi connectivity index (χ0v) is 12.5. The van der Waals surface area contributed by atoms with Crippen LogP contribution in [0.1, 0.15) is 24.1 Å². The Labute approximate surface area is 128 Å². The summed E-state index contributed by atoms with van der Waals surface area (Å²) in [5.74, 6) is -1.55. The van der Waals surface area contributed by atoms with Crippen molar-refractivity contribution >= 4 is 17.4 Å². The molecule has 2 aromatic rings. The van der Waals surface area contributed by atoms with Gasteiger partial charge in [-0.1, -0.05) is 24.3 Å². The molecule has 0 amide bonds. The fourth-order valence-electron chi connectivity index (χ4n) is 2.89. The number of rotatable bonds is 3. The molecule has 2 heterocycles. The molecule has 112 valence electrons. The lowest BCUT2D eigenvalue weighted by molar-refractivity contribution is -0.139. The van der Waals surface area contributed by atoms with Gasteiger partial charge in [-0.3, -0.25) is 14.8 Å². The van der Waals surface area contributed by atoms with E-state index < -0.39 is 11.9 Å². The maximum atomic E-state index is 11.7. The number of benzene rings is 1. The van der Waals surface area contributed by atoms with Crippen molar-refractivity contribution < 1.29 is 9.90 Å². The molecule has 0 aliphatic carbocycles. The Morgan fingerprint density at radius 2 is 1.95 bits per heavy atom. The van der Waals surface area contributed by atoms with Gasteiger partial charge in [-0.25, -0.2) is 0 Å². The molecule has 0 saturated heterocycles. The number of carboxylic acids is 1. The highest BCUT2D eigenvalue weighted by atomic mass is 16.4. The first-order chi connectivity index (χ1) is 10.6. The molecule has 5 nitrogen and oxygen atoms in total. The molecule has 5 heteroatoms. The summed E-state index contributed by atoms with van der Waals surface area (Å²) in [6.45, 7) is 3.76. The van der Waals surface area contributed by atoms with Crippen LogP contribution in [0.4, 0.5) is 5.69 Å². The minimum absolute atomic E-state index is 0.382. The Morgan fingerprint density at radius 3 is 2.59 bits per heavy atom. The van der Waals surface area contributed by atoms with Crippen LogP contribution in [-0.2, 0) is 4.79 Å². The van der Waals surface area contributed by atoms with Gasteiger partial charge < -0.3 is 5.11 Å². The number of nitrogens with zero attached hydrogens (tertiary/aromatic N) is 3. The number of aryl methyl sites for hydroxylation is 1. The number of carboxylic acid groups (broad SMARTS) is 1. The molecule has 0 radical (unpaired) electrons. The lowest BCUT2D eigenvalue weighted by atomic mass is 9.91. The number of aromatic nitrogens is 1. The minimum Gasteiger partial charge on any atom is -0.481 e. The highest BCUT2D eigenvalue weighted by molar-refractivity contribution is 6.03. The highest BCUT2D eigenvalue weighted by Gasteiger charge is 2.42. The maximum absolute atomic E-state index is 11.7. The first kappa shape index (κ1) is 14.3. The average molecular weight is 295 g/mol. The van der Waals surface area contributed by atoms with Gasteiger partial charge in [-0.15, -0.1) is 0 Å². The van der Waals surface area contributed by atoms with E-state index in [9.17, 15) is 9.90 Å². The topological polar surface area (TPSA) is 65.8 Å². The molecule has 0 bridgehead atoms. The van der Waals surface area contributed by atoms with Crippen molar-refractivity contribution in [2.24, 2.45) is 11.0 Å². The summed E-state index contributed by atoms with van der Waals surface area (Å²) in [5.41, 5.74) is 3.42. The van der Waals surface area contributed by atoms with Crippen LogP contribution in [-0.4, -0.2) is 21.8 Å². The smallest absolute Gasteiger partial charge is 0.314 e. The maximum Gasteiger partial charge on any atom is 0.314 e. The van der Waals surface area contributed by atoms with Crippen molar-refractivity contribution in [3.63, 3.8) is 0 Å². The standard InChI is InChI=1S/C17H17N3O2/c1-11-6-3-4-8-14(11)20-16(13-7-5-9-18-10-13)15(17(21)22)12(2)19-20/h3-10,15-16H,1-2H3,(H,21,22). The first-order valence-electron chi connectivity index (χ1n) is 7.12. The van der Waals surface area contributed by atoms with Crippen LogP contribution in [0.5, 0.6) is 0 Å². The molecule has 1 aliphatic rings. The molecule has 0 saturated carbocycles. The van der Waals surface area contributed by atoms with Crippen molar-refractivity contribution in [2.45, 2.75) is 19.9 Å². The fraction of sp³-hybridized carbons (Fsp3) is 0.235. The zero-order chi connectivity index (χ0) is 15.7. The van der Waals surface area contributed by atoms with Gasteiger partial charge in [0.15, 0.2) is 0 Å². The van der Waals surface area contributed by atoms with Crippen molar-refractivity contribution in [3.8, 4) is 0 Å². The Morgan fingerprint density at radius 1 is 1.18 bits per heavy atom. The largest absolute Gasteiger partial charge is 0.481 e. The van der Waals surface area contributed by atoms with E-state index in [2.05, 4.69) is 10.1 Å². The van der Waals surface area contributed by atoms with Crippen LogP contribution in [0, 0.1) is 12.8 Å². The minimum atomic E-state index is -0.869. The van der Waals surface area contributed by atoms with Crippen molar-refractivity contribution in [2.75, 3.05) is 5.01 Å². The predicted octanol–water partition coefficient (Wildman–Crippen LogP) is 3.03. The number of pyridine rings is 1. The third-order valence-electron chi connectivity index (χ3n) is 3.95. The van der Waals surface area contributed by atoms with Gasteiger partial charge in [0, 0.05) is 12.4 Å². The second kappa shape index (κ2) is 5.60. The Hall–Kier alpha value is -2.69. The molecular formula is C17H17N3O2. The van der Waals surface area contributed by atoms with E-state index in [0.717, 1.165) is 16.8 Å². The normalized spacial score (nSPS) is 20.8. The summed E-state index contributed by atoms with van der Waals surface area (Å²) in [6, 6.07) is 11.2. The van der Waals surface area contributed by atoms with Crippen LogP contribution in [0.25, 0.3) is 0 Å². The molecule has 0 spiro atoms. The van der Waals surface area contributed by atoms with Crippen molar-refractivity contribution in [1.82, 2.24) is 4.98 Å². The Kier molecular flexibility index (Phi) is 3.63. The van der Waals surface area contributed by atoms with Crippen LogP contribution < -0.4 is 5.01 Å². The molecule has 1 aromatic carbocycles. The van der Waals surface area contributed by atoms with E-state index in [1.165, 1.54) is 0 Å². The van der Waals surface area contributed by atoms with E-state index >= 15 is 0 Å². The second-order valence-electron chi connectivity index (χ2n) is 5.42. The Bertz CT molecular complexity index is 728. The fourth-order valence-corrected chi connectivity index (χ4v) is 2.89. The molecule has 1 N–H and O–H groups in total. The SMILES string of the molecule is CC1=NN(c2ccccc2C)C(c2cccnc2)C1C(=O)O. The van der Waals surface area contributed by atoms with Gasteiger partial charge >= 0.3 is 5.97 Å². The summed E-state index contributed by atoms with van der Waals surface area (Å²) < 4.78 is 0. The van der Waals surface area contributed by atoms with Crippen molar-refractivity contribution in [1.29, 1.82) is 0 Å². The third-order valence-corrected chi connectivity index (χ3v) is 3.95. The number of hydrogen-bond acceptors (Lipinski definition) is 4. The summed E-state index contributed by atoms with van der Waals surface area (Å²) in [6.07, 6.45) is 3.39. The molecule has 22 heavy (non-hydrogen) atoms. The molecule has 1 aromatic heterocycles. The average Bonchev–Trinajstić information content (AvgIpc) is 2.86. The van der Waals surface area contributed by atoms with E-state index in [-0.39, 0.29) is 6.04 Å². The number of hydrogen-bond donors (Lipinski definition) is 1. The van der Waals surface area contributed by atoms with Gasteiger partial charge in [-0.2, -0.15) is 5.10 Å². The van der Waals surface area contributed by atoms with Crippen LogP contribution in [0.15, 0.2) is 53.9 Å². The van der Waals surface area contributed by atoms with Gasteiger partial charge in [0.25, 0.3) is 0 Å². The van der Waals surface area contributed by atoms with Crippen LogP contribution in [0.2, 0.25) is 0 Å². The van der Waals surface area contributed by atoms with Crippen LogP contribution >= 0.6 is 0 Å². The number of hydrazone groups is 1. The molecule has 2 unspecified atom stereocenters. The molecule has 2 atom stereocenters. The molecule has 1 aliphatic heterocycles. The molecule has 0 fully saturated rings. The van der Waals surface area contributed by atoms with Gasteiger partial charge in [0.2, 0.25) is 0 Å². The van der Waals surface area contributed by atoms with Gasteiger partial charge in [0.1, 0.15) is 5.92 Å². The number of anilines is 1. The summed E-state index contributed by atoms with van der Waals surface area (Å²) in [4.78, 5) is 15.9. The van der Waals surface area contributed by atoms with E-state index in [1.54, 1.807) is 24.3 Å². The quantitative estimate of drug-likeness (QED) is 0.945. The van der Waals surface area contributed by atoms with Crippen LogP contribution in [0.3, 0.4) is 0 Å². The van der Waals surface area contributed by atoms with Crippen molar-refractivity contribution in [3.05, 3.63) is 59.9 Å². The summed E-state index contributed by atoms with van der Waals surface area (Å²) in [7, 11) is 0. The zero-order valence-electron chi connectivity index (χ0n) is 12.5. The Balaban J connectivity index is 2.12. The van der Waals surface area contributed by atoms with E-state index in [1.807, 2.05) is 43.3 Å².